The van der Waals surface area contributed by atoms with Gasteiger partial charge in [-0.05, 0) is 6.42 Å². The van der Waals surface area contributed by atoms with Gasteiger partial charge in [0.25, 0.3) is 6.47 Å². The lowest BCUT2D eigenvalue weighted by atomic mass is 10.1. The van der Waals surface area contributed by atoms with E-state index in [1.54, 1.807) is 0 Å². The highest BCUT2D eigenvalue weighted by Gasteiger charge is 2.19. The van der Waals surface area contributed by atoms with Gasteiger partial charge in [-0.25, -0.2) is 0 Å². The van der Waals surface area contributed by atoms with E-state index in [9.17, 15) is 4.79 Å². The van der Waals surface area contributed by atoms with Crippen molar-refractivity contribution in [2.45, 2.75) is 25.2 Å². The van der Waals surface area contributed by atoms with Gasteiger partial charge in [0.2, 0.25) is 0 Å². The zero-order valence-electron chi connectivity index (χ0n) is 5.53. The van der Waals surface area contributed by atoms with Gasteiger partial charge < -0.3 is 14.6 Å². The van der Waals surface area contributed by atoms with Crippen LogP contribution < -0.4 is 0 Å². The van der Waals surface area contributed by atoms with Gasteiger partial charge in [0.05, 0.1) is 6.61 Å². The van der Waals surface area contributed by atoms with Gasteiger partial charge in [-0.15, -0.1) is 0 Å². The highest BCUT2D eigenvalue weighted by atomic mass is 16.6. The quantitative estimate of drug-likeness (QED) is 0.541. The first-order valence-corrected chi connectivity index (χ1v) is 3.21. The number of aliphatic hydroxyl groups excluding tert-OH is 1. The minimum absolute atomic E-state index is 0.166. The third-order valence-electron chi connectivity index (χ3n) is 1.46. The van der Waals surface area contributed by atoms with E-state index in [2.05, 4.69) is 4.74 Å². The molecule has 1 N–H and O–H groups in total. The molecule has 1 aliphatic heterocycles. The molecule has 0 aromatic rings. The van der Waals surface area contributed by atoms with Crippen molar-refractivity contribution in [1.29, 1.82) is 0 Å². The first-order valence-electron chi connectivity index (χ1n) is 3.21. The molecule has 1 rings (SSSR count). The van der Waals surface area contributed by atoms with Gasteiger partial charge in [0.15, 0.2) is 6.29 Å². The van der Waals surface area contributed by atoms with E-state index >= 15 is 0 Å². The van der Waals surface area contributed by atoms with Crippen molar-refractivity contribution in [1.82, 2.24) is 0 Å². The van der Waals surface area contributed by atoms with Gasteiger partial charge in [0.1, 0.15) is 6.10 Å². The molecule has 1 saturated heterocycles. The van der Waals surface area contributed by atoms with Crippen LogP contribution in [0.3, 0.4) is 0 Å². The lowest BCUT2D eigenvalue weighted by Crippen LogP contribution is -2.30. The van der Waals surface area contributed by atoms with Crippen LogP contribution in [-0.2, 0) is 14.3 Å². The molecule has 0 aromatic carbocycles. The molecule has 4 heteroatoms. The Hall–Kier alpha value is -0.610. The number of ether oxygens (including phenoxy) is 2. The summed E-state index contributed by atoms with van der Waals surface area (Å²) in [6, 6.07) is 0. The Bertz CT molecular complexity index is 106. The molecule has 0 aromatic heterocycles. The molecule has 10 heavy (non-hydrogen) atoms. The van der Waals surface area contributed by atoms with Crippen molar-refractivity contribution < 1.29 is 19.4 Å². The molecule has 2 atom stereocenters. The van der Waals surface area contributed by atoms with Crippen LogP contribution in [0.4, 0.5) is 0 Å². The average Bonchev–Trinajstić information content (AvgIpc) is 1.95. The van der Waals surface area contributed by atoms with Crippen molar-refractivity contribution >= 4 is 6.47 Å². The van der Waals surface area contributed by atoms with Crippen LogP contribution in [0.25, 0.3) is 0 Å². The fourth-order valence-corrected chi connectivity index (χ4v) is 0.899. The van der Waals surface area contributed by atoms with Gasteiger partial charge >= 0.3 is 0 Å². The molecule has 0 spiro atoms. The second kappa shape index (κ2) is 3.53. The molecule has 4 nitrogen and oxygen atoms in total. The predicted molar refractivity (Wildman–Crippen MR) is 32.1 cm³/mol. The Kier molecular flexibility index (Phi) is 2.65. The molecule has 58 valence electrons. The van der Waals surface area contributed by atoms with E-state index in [0.717, 1.165) is 0 Å². The summed E-state index contributed by atoms with van der Waals surface area (Å²) in [6.07, 6.45) is 0.380. The summed E-state index contributed by atoms with van der Waals surface area (Å²) >= 11 is 0. The van der Waals surface area contributed by atoms with Crippen LogP contribution in [0.15, 0.2) is 0 Å². The smallest absolute Gasteiger partial charge is 0.293 e. The normalized spacial score (nSPS) is 33.3. The predicted octanol–water partition coefficient (Wildman–Crippen LogP) is -0.343. The maximum atomic E-state index is 9.81. The third kappa shape index (κ3) is 1.97. The Morgan fingerprint density at radius 2 is 2.40 bits per heavy atom. The van der Waals surface area contributed by atoms with E-state index in [0.29, 0.717) is 25.9 Å². The maximum Gasteiger partial charge on any atom is 0.293 e. The molecule has 1 fully saturated rings. The van der Waals surface area contributed by atoms with Crippen molar-refractivity contribution in [2.75, 3.05) is 6.61 Å². The van der Waals surface area contributed by atoms with Crippen LogP contribution >= 0.6 is 0 Å². The number of rotatable bonds is 2. The zero-order chi connectivity index (χ0) is 7.40. The van der Waals surface area contributed by atoms with Crippen molar-refractivity contribution in [3.63, 3.8) is 0 Å². The Morgan fingerprint density at radius 3 is 2.90 bits per heavy atom. The summed E-state index contributed by atoms with van der Waals surface area (Å²) in [7, 11) is 0. The molecular weight excluding hydrogens is 136 g/mol. The lowest BCUT2D eigenvalue weighted by molar-refractivity contribution is -0.171. The monoisotopic (exact) mass is 146 g/mol. The summed E-state index contributed by atoms with van der Waals surface area (Å²) < 4.78 is 9.43. The summed E-state index contributed by atoms with van der Waals surface area (Å²) in [5.74, 6) is 0. The fourth-order valence-electron chi connectivity index (χ4n) is 0.899. The maximum absolute atomic E-state index is 9.81. The molecule has 0 bridgehead atoms. The summed E-state index contributed by atoms with van der Waals surface area (Å²) in [6.45, 7) is 0.714. The number of aliphatic hydroxyl groups is 1. The van der Waals surface area contributed by atoms with E-state index in [1.807, 2.05) is 0 Å². The van der Waals surface area contributed by atoms with Crippen LogP contribution in [0.5, 0.6) is 0 Å². The van der Waals surface area contributed by atoms with Crippen LogP contribution in [0.1, 0.15) is 12.8 Å². The van der Waals surface area contributed by atoms with Crippen molar-refractivity contribution in [2.24, 2.45) is 0 Å². The number of carbonyl (C=O) groups excluding carboxylic acids is 1. The highest BCUT2D eigenvalue weighted by molar-refractivity contribution is 5.37. The second-order valence-corrected chi connectivity index (χ2v) is 2.22. The Labute approximate surface area is 58.7 Å². The Morgan fingerprint density at radius 1 is 1.60 bits per heavy atom. The van der Waals surface area contributed by atoms with Crippen molar-refractivity contribution in [3.05, 3.63) is 0 Å². The van der Waals surface area contributed by atoms with Crippen molar-refractivity contribution in [3.8, 4) is 0 Å². The minimum atomic E-state index is -0.675. The van der Waals surface area contributed by atoms with Crippen LogP contribution in [0, 0.1) is 0 Å². The van der Waals surface area contributed by atoms with E-state index in [-0.39, 0.29) is 6.10 Å². The number of hydrogen-bond donors (Lipinski definition) is 1. The summed E-state index contributed by atoms with van der Waals surface area (Å²) in [5.41, 5.74) is 0. The van der Waals surface area contributed by atoms with Crippen LogP contribution in [0.2, 0.25) is 0 Å². The summed E-state index contributed by atoms with van der Waals surface area (Å²) in [5, 5.41) is 8.83. The molecule has 1 heterocycles. The largest absolute Gasteiger partial charge is 0.462 e. The summed E-state index contributed by atoms with van der Waals surface area (Å²) in [4.78, 5) is 9.81. The molecule has 0 amide bonds. The molecule has 0 radical (unpaired) electrons. The minimum Gasteiger partial charge on any atom is -0.462 e. The third-order valence-corrected chi connectivity index (χ3v) is 1.46. The first kappa shape index (κ1) is 7.50. The zero-order valence-corrected chi connectivity index (χ0v) is 5.53. The van der Waals surface area contributed by atoms with Crippen LogP contribution in [-0.4, -0.2) is 30.6 Å². The van der Waals surface area contributed by atoms with Gasteiger partial charge in [-0.1, -0.05) is 0 Å². The van der Waals surface area contributed by atoms with Gasteiger partial charge in [-0.2, -0.15) is 0 Å². The van der Waals surface area contributed by atoms with E-state index < -0.39 is 6.29 Å². The molecule has 1 aliphatic rings. The van der Waals surface area contributed by atoms with E-state index in [1.165, 1.54) is 0 Å². The average molecular weight is 146 g/mol. The molecule has 0 saturated carbocycles. The Balaban J connectivity index is 2.19. The second-order valence-electron chi connectivity index (χ2n) is 2.22. The standard InChI is InChI=1S/C6H10O4/c7-4-10-5-1-2-6(8)9-3-5/h4-6,8H,1-3H2. The lowest BCUT2D eigenvalue weighted by Gasteiger charge is -2.23. The topological polar surface area (TPSA) is 55.8 Å². The SMILES string of the molecule is O=COC1CCC(O)OC1. The number of carbonyl (C=O) groups is 1. The van der Waals surface area contributed by atoms with Gasteiger partial charge in [0, 0.05) is 6.42 Å². The van der Waals surface area contributed by atoms with Gasteiger partial charge in [-0.3, -0.25) is 4.79 Å². The highest BCUT2D eigenvalue weighted by Crippen LogP contribution is 2.12. The van der Waals surface area contributed by atoms with E-state index in [4.69, 9.17) is 9.84 Å². The molecular formula is C6H10O4. The fraction of sp³-hybridized carbons (Fsp3) is 0.833. The first-order chi connectivity index (χ1) is 4.83. The number of hydrogen-bond acceptors (Lipinski definition) is 4. The molecule has 2 unspecified atom stereocenters. The molecule has 0 aliphatic carbocycles.